The lowest BCUT2D eigenvalue weighted by Gasteiger charge is -2.36. The summed E-state index contributed by atoms with van der Waals surface area (Å²) in [6.45, 7) is 8.65. The van der Waals surface area contributed by atoms with Gasteiger partial charge in [-0.2, -0.15) is 0 Å². The number of carbonyl (C=O) groups excluding carboxylic acids is 1. The molecule has 0 radical (unpaired) electrons. The first-order valence-corrected chi connectivity index (χ1v) is 13.9. The van der Waals surface area contributed by atoms with Gasteiger partial charge in [0, 0.05) is 36.4 Å². The van der Waals surface area contributed by atoms with Crippen LogP contribution in [0.4, 0.5) is 10.1 Å². The van der Waals surface area contributed by atoms with Crippen molar-refractivity contribution in [2.75, 3.05) is 24.5 Å². The fourth-order valence-electron chi connectivity index (χ4n) is 5.53. The number of rotatable bonds is 7. The molecule has 2 aliphatic rings. The van der Waals surface area contributed by atoms with Gasteiger partial charge >= 0.3 is 0 Å². The van der Waals surface area contributed by atoms with Crippen molar-refractivity contribution >= 4 is 34.1 Å². The average molecular weight is 540 g/mol. The summed E-state index contributed by atoms with van der Waals surface area (Å²) >= 11 is 6.05. The lowest BCUT2D eigenvalue weighted by Crippen LogP contribution is -2.45. The molecule has 9 heteroatoms. The van der Waals surface area contributed by atoms with E-state index < -0.39 is 5.82 Å². The van der Waals surface area contributed by atoms with Crippen LogP contribution in [-0.4, -0.2) is 47.2 Å². The van der Waals surface area contributed by atoms with E-state index in [1.54, 1.807) is 0 Å². The second-order valence-corrected chi connectivity index (χ2v) is 11.3. The van der Waals surface area contributed by atoms with Crippen LogP contribution in [0.3, 0.4) is 0 Å². The van der Waals surface area contributed by atoms with Crippen LogP contribution in [-0.2, 0) is 11.3 Å². The highest BCUT2D eigenvalue weighted by molar-refractivity contribution is 6.31. The highest BCUT2D eigenvalue weighted by atomic mass is 35.5. The zero-order chi connectivity index (χ0) is 27.0. The fourth-order valence-corrected chi connectivity index (χ4v) is 5.71. The Morgan fingerprint density at radius 3 is 2.71 bits per heavy atom. The molecular formula is C29H35ClFN5O2. The zero-order valence-electron chi connectivity index (χ0n) is 22.1. The Balaban J connectivity index is 1.61. The summed E-state index contributed by atoms with van der Waals surface area (Å²) in [7, 11) is 0. The van der Waals surface area contributed by atoms with Gasteiger partial charge in [0.25, 0.3) is 5.56 Å². The molecule has 1 saturated carbocycles. The molecule has 0 spiro atoms. The summed E-state index contributed by atoms with van der Waals surface area (Å²) < 4.78 is 15.3. The van der Waals surface area contributed by atoms with E-state index in [1.165, 1.54) is 35.6 Å². The van der Waals surface area contributed by atoms with Crippen molar-refractivity contribution in [1.29, 1.82) is 0 Å². The summed E-state index contributed by atoms with van der Waals surface area (Å²) in [6, 6.07) is 10.3. The summed E-state index contributed by atoms with van der Waals surface area (Å²) in [5.74, 6) is 0.720. The second kappa shape index (κ2) is 11.0. The molecule has 2 N–H and O–H groups in total. The number of benzene rings is 2. The van der Waals surface area contributed by atoms with E-state index in [0.29, 0.717) is 28.4 Å². The first-order chi connectivity index (χ1) is 18.2. The number of fused-ring (bicyclic) bond motifs is 1. The van der Waals surface area contributed by atoms with Crippen LogP contribution < -0.4 is 21.1 Å². The molecule has 202 valence electrons. The minimum Gasteiger partial charge on any atom is -0.367 e. The van der Waals surface area contributed by atoms with Crippen molar-refractivity contribution in [1.82, 2.24) is 20.2 Å². The molecule has 1 aliphatic carbocycles. The number of hydrogen-bond acceptors (Lipinski definition) is 5. The Hall–Kier alpha value is -2.97. The molecule has 7 nitrogen and oxygen atoms in total. The maximum atomic E-state index is 13.9. The molecule has 0 bridgehead atoms. The maximum absolute atomic E-state index is 13.9. The minimum absolute atomic E-state index is 0.0732. The van der Waals surface area contributed by atoms with Gasteiger partial charge in [-0.25, -0.2) is 9.37 Å². The first kappa shape index (κ1) is 26.6. The Morgan fingerprint density at radius 2 is 2.00 bits per heavy atom. The third-order valence-electron chi connectivity index (χ3n) is 7.68. The predicted molar refractivity (Wildman–Crippen MR) is 150 cm³/mol. The molecule has 1 amide bonds. The second-order valence-electron chi connectivity index (χ2n) is 10.9. The molecule has 2 atom stereocenters. The lowest BCUT2D eigenvalue weighted by molar-refractivity contribution is -0.122. The van der Waals surface area contributed by atoms with Crippen molar-refractivity contribution in [2.24, 2.45) is 11.8 Å². The summed E-state index contributed by atoms with van der Waals surface area (Å²) in [5.41, 5.74) is 1.67. The third kappa shape index (κ3) is 5.57. The van der Waals surface area contributed by atoms with E-state index >= 15 is 0 Å². The normalized spacial score (nSPS) is 19.0. The van der Waals surface area contributed by atoms with Gasteiger partial charge < -0.3 is 15.5 Å². The number of amides is 1. The Kier molecular flexibility index (Phi) is 7.73. The van der Waals surface area contributed by atoms with Crippen molar-refractivity contribution in [3.8, 4) is 11.4 Å². The number of nitrogens with one attached hydrogen (secondary N) is 2. The van der Waals surface area contributed by atoms with Gasteiger partial charge in [0.2, 0.25) is 5.91 Å². The van der Waals surface area contributed by atoms with Gasteiger partial charge in [0.15, 0.2) is 0 Å². The molecular weight excluding hydrogens is 505 g/mol. The van der Waals surface area contributed by atoms with Crippen molar-refractivity contribution in [3.05, 3.63) is 57.6 Å². The van der Waals surface area contributed by atoms with E-state index in [2.05, 4.69) is 22.5 Å². The quantitative estimate of drug-likeness (QED) is 0.459. The Morgan fingerprint density at radius 1 is 1.21 bits per heavy atom. The van der Waals surface area contributed by atoms with Crippen LogP contribution >= 0.6 is 11.6 Å². The summed E-state index contributed by atoms with van der Waals surface area (Å²) in [4.78, 5) is 33.9. The average Bonchev–Trinajstić information content (AvgIpc) is 3.74. The molecule has 3 aromatic rings. The number of anilines is 1. The number of hydrogen-bond donors (Lipinski definition) is 2. The molecule has 5 rings (SSSR count). The van der Waals surface area contributed by atoms with Crippen LogP contribution in [0, 0.1) is 17.7 Å². The Labute approximate surface area is 227 Å². The van der Waals surface area contributed by atoms with E-state index in [4.69, 9.17) is 16.6 Å². The van der Waals surface area contributed by atoms with Crippen molar-refractivity contribution < 1.29 is 9.18 Å². The van der Waals surface area contributed by atoms with Gasteiger partial charge in [-0.05, 0) is 87.9 Å². The minimum atomic E-state index is -0.561. The largest absolute Gasteiger partial charge is 0.367 e. The van der Waals surface area contributed by atoms with E-state index in [-0.39, 0.29) is 34.9 Å². The van der Waals surface area contributed by atoms with Gasteiger partial charge in [0.05, 0.1) is 15.9 Å². The molecule has 1 saturated heterocycles. The van der Waals surface area contributed by atoms with Crippen LogP contribution in [0.1, 0.15) is 40.0 Å². The topological polar surface area (TPSA) is 79.3 Å². The third-order valence-corrected chi connectivity index (χ3v) is 7.97. The van der Waals surface area contributed by atoms with Gasteiger partial charge in [-0.1, -0.05) is 18.5 Å². The molecule has 1 aromatic heterocycles. The smallest absolute Gasteiger partial charge is 0.262 e. The molecule has 2 fully saturated rings. The van der Waals surface area contributed by atoms with Crippen LogP contribution in [0.2, 0.25) is 5.02 Å². The number of aromatic nitrogens is 2. The standard InChI is InChI=1S/C29H35ClFN5O2/c1-17(2)33-27(37)16-36-28(20-7-9-24(31)23(30)13-20)34-25-10-8-21(14-22(25)29(36)38)35-12-4-11-32-15-26(35)18(3)19-5-6-19/h7-10,13-14,17-19,26,32H,4-6,11-12,15-16H2,1-3H3,(H,33,37). The molecule has 38 heavy (non-hydrogen) atoms. The van der Waals surface area contributed by atoms with Gasteiger partial charge in [0.1, 0.15) is 18.2 Å². The Bertz CT molecular complexity index is 1400. The number of halogens is 2. The number of carbonyl (C=O) groups is 1. The molecule has 2 unspecified atom stereocenters. The van der Waals surface area contributed by atoms with E-state index in [9.17, 15) is 14.0 Å². The molecule has 2 aromatic carbocycles. The summed E-state index contributed by atoms with van der Waals surface area (Å²) in [6.07, 6.45) is 3.59. The first-order valence-electron chi connectivity index (χ1n) is 13.5. The molecule has 1 aliphatic heterocycles. The monoisotopic (exact) mass is 539 g/mol. The maximum Gasteiger partial charge on any atom is 0.262 e. The zero-order valence-corrected chi connectivity index (χ0v) is 22.9. The van der Waals surface area contributed by atoms with Crippen LogP contribution in [0.15, 0.2) is 41.2 Å². The lowest BCUT2D eigenvalue weighted by atomic mass is 9.94. The van der Waals surface area contributed by atoms with Gasteiger partial charge in [-0.3, -0.25) is 14.2 Å². The highest BCUT2D eigenvalue weighted by Crippen LogP contribution is 2.40. The van der Waals surface area contributed by atoms with E-state index in [1.807, 2.05) is 32.0 Å². The predicted octanol–water partition coefficient (Wildman–Crippen LogP) is 4.60. The van der Waals surface area contributed by atoms with Crippen molar-refractivity contribution in [3.63, 3.8) is 0 Å². The SMILES string of the molecule is CC(C)NC(=O)Cn1c(-c2ccc(F)c(Cl)c2)nc2ccc(N3CCCNCC3C(C)C3CC3)cc2c1=O. The van der Waals surface area contributed by atoms with Gasteiger partial charge in [-0.15, -0.1) is 0 Å². The summed E-state index contributed by atoms with van der Waals surface area (Å²) in [5, 5.41) is 6.81. The van der Waals surface area contributed by atoms with Crippen LogP contribution in [0.25, 0.3) is 22.3 Å². The van der Waals surface area contributed by atoms with Crippen LogP contribution in [0.5, 0.6) is 0 Å². The fraction of sp³-hybridized carbons (Fsp3) is 0.483. The van der Waals surface area contributed by atoms with Crippen molar-refractivity contribution in [2.45, 2.75) is 58.7 Å². The van der Waals surface area contributed by atoms with E-state index in [0.717, 1.165) is 37.7 Å². The molecule has 2 heterocycles. The highest BCUT2D eigenvalue weighted by Gasteiger charge is 2.36. The number of nitrogens with zero attached hydrogens (tertiary/aromatic N) is 3.